The van der Waals surface area contributed by atoms with Crippen molar-refractivity contribution >= 4 is 28.9 Å². The molecule has 0 fully saturated rings. The Morgan fingerprint density at radius 1 is 1.07 bits per heavy atom. The number of carbonyl (C=O) groups excluding carboxylic acids is 1. The van der Waals surface area contributed by atoms with Gasteiger partial charge in [0.15, 0.2) is 12.4 Å². The van der Waals surface area contributed by atoms with Crippen molar-refractivity contribution < 1.29 is 26.7 Å². The van der Waals surface area contributed by atoms with E-state index in [1.807, 2.05) is 37.5 Å². The van der Waals surface area contributed by atoms with E-state index in [4.69, 9.17) is 11.6 Å². The second kappa shape index (κ2) is 10.0. The van der Waals surface area contributed by atoms with Crippen LogP contribution in [0.2, 0.25) is 5.02 Å². The van der Waals surface area contributed by atoms with Gasteiger partial charge in [0.05, 0.1) is 4.92 Å². The Balaban J connectivity index is 0.00000300. The van der Waals surface area contributed by atoms with Crippen LogP contribution in [0.5, 0.6) is 0 Å². The number of aromatic nitrogens is 1. The fourth-order valence-electron chi connectivity index (χ4n) is 2.77. The number of nitrogens with one attached hydrogen (secondary N) is 1. The van der Waals surface area contributed by atoms with Crippen LogP contribution in [0, 0.1) is 17.0 Å². The minimum atomic E-state index is -0.412. The zero-order chi connectivity index (χ0) is 20.1. The summed E-state index contributed by atoms with van der Waals surface area (Å²) in [7, 11) is 0. The van der Waals surface area contributed by atoms with Gasteiger partial charge >= 0.3 is 0 Å². The van der Waals surface area contributed by atoms with Gasteiger partial charge in [-0.3, -0.25) is 14.9 Å². The molecule has 0 bridgehead atoms. The molecule has 0 aliphatic heterocycles. The lowest BCUT2D eigenvalue weighted by atomic mass is 10.1. The van der Waals surface area contributed by atoms with Crippen LogP contribution < -0.4 is 22.3 Å². The van der Waals surface area contributed by atoms with Crippen molar-refractivity contribution in [3.05, 3.63) is 98.8 Å². The van der Waals surface area contributed by atoms with Gasteiger partial charge in [0.25, 0.3) is 11.6 Å². The Kier molecular flexibility index (Phi) is 7.70. The lowest BCUT2D eigenvalue weighted by Crippen LogP contribution is -3.00. The normalized spacial score (nSPS) is 10.1. The van der Waals surface area contributed by atoms with Crippen LogP contribution in [0.25, 0.3) is 0 Å². The number of amides is 1. The van der Waals surface area contributed by atoms with Crippen molar-refractivity contribution in [2.75, 3.05) is 5.32 Å². The molecule has 1 N–H and O–H groups in total. The van der Waals surface area contributed by atoms with Crippen molar-refractivity contribution in [1.29, 1.82) is 0 Å². The van der Waals surface area contributed by atoms with Crippen LogP contribution in [0.15, 0.2) is 67.0 Å². The highest BCUT2D eigenvalue weighted by atomic mass is 35.5. The second-order valence-corrected chi connectivity index (χ2v) is 6.92. The number of non-ortho nitro benzene ring substituents is 1. The highest BCUT2D eigenvalue weighted by Gasteiger charge is 2.12. The molecule has 6 nitrogen and oxygen atoms in total. The van der Waals surface area contributed by atoms with Gasteiger partial charge in [0, 0.05) is 35.0 Å². The quantitative estimate of drug-likeness (QED) is 0.360. The highest BCUT2D eigenvalue weighted by molar-refractivity contribution is 6.31. The first-order valence-electron chi connectivity index (χ1n) is 8.68. The zero-order valence-electron chi connectivity index (χ0n) is 15.6. The monoisotopic (exact) mass is 431 g/mol. The van der Waals surface area contributed by atoms with Crippen LogP contribution in [-0.4, -0.2) is 10.8 Å². The Labute approximate surface area is 179 Å². The average molecular weight is 432 g/mol. The SMILES string of the molecule is Cc1ccc(Cl)cc1NC(=O)C[n+]1ccc(Cc2ccc([N+](=O)[O-])cc2)cc1.[Cl-]. The van der Waals surface area contributed by atoms with Gasteiger partial charge in [-0.05, 0) is 42.2 Å². The number of halogens is 2. The average Bonchev–Trinajstić information content (AvgIpc) is 2.67. The summed E-state index contributed by atoms with van der Waals surface area (Å²) in [6, 6.07) is 15.7. The van der Waals surface area contributed by atoms with Crippen molar-refractivity contribution in [3.8, 4) is 0 Å². The molecule has 0 unspecified atom stereocenters. The maximum atomic E-state index is 12.3. The van der Waals surface area contributed by atoms with Crippen LogP contribution in [0.1, 0.15) is 16.7 Å². The summed E-state index contributed by atoms with van der Waals surface area (Å²) in [5.41, 5.74) is 3.76. The summed E-state index contributed by atoms with van der Waals surface area (Å²) in [5.74, 6) is -0.140. The van der Waals surface area contributed by atoms with E-state index in [0.29, 0.717) is 17.1 Å². The van der Waals surface area contributed by atoms with Crippen LogP contribution in [-0.2, 0) is 17.8 Å². The number of nitro benzene ring substituents is 1. The van der Waals surface area contributed by atoms with Crippen molar-refractivity contribution in [3.63, 3.8) is 0 Å². The number of hydrogen-bond acceptors (Lipinski definition) is 3. The molecule has 150 valence electrons. The highest BCUT2D eigenvalue weighted by Crippen LogP contribution is 2.20. The molecule has 0 spiro atoms. The minimum Gasteiger partial charge on any atom is -1.00 e. The Morgan fingerprint density at radius 2 is 1.69 bits per heavy atom. The lowest BCUT2D eigenvalue weighted by Gasteiger charge is -2.07. The summed E-state index contributed by atoms with van der Waals surface area (Å²) < 4.78 is 1.79. The number of pyridine rings is 1. The molecule has 0 atom stereocenters. The van der Waals surface area contributed by atoms with Gasteiger partial charge in [0.2, 0.25) is 6.54 Å². The Bertz CT molecular complexity index is 1010. The van der Waals surface area contributed by atoms with E-state index in [1.165, 1.54) is 12.1 Å². The predicted molar refractivity (Wildman–Crippen MR) is 107 cm³/mol. The van der Waals surface area contributed by atoms with Crippen molar-refractivity contribution in [2.45, 2.75) is 19.9 Å². The van der Waals surface area contributed by atoms with E-state index >= 15 is 0 Å². The fourth-order valence-corrected chi connectivity index (χ4v) is 2.94. The summed E-state index contributed by atoms with van der Waals surface area (Å²) >= 11 is 5.98. The number of nitrogens with zero attached hydrogens (tertiary/aromatic N) is 2. The molecule has 0 aliphatic rings. The number of carbonyl (C=O) groups is 1. The third-order valence-electron chi connectivity index (χ3n) is 4.32. The number of benzene rings is 2. The van der Waals surface area contributed by atoms with Gasteiger partial charge in [-0.15, -0.1) is 0 Å². The largest absolute Gasteiger partial charge is 1.00 e. The van der Waals surface area contributed by atoms with Crippen molar-refractivity contribution in [2.24, 2.45) is 0 Å². The Hall–Kier alpha value is -2.96. The molecule has 1 aromatic heterocycles. The van der Waals surface area contributed by atoms with E-state index in [1.54, 1.807) is 28.8 Å². The molecule has 0 aliphatic carbocycles. The van der Waals surface area contributed by atoms with E-state index in [9.17, 15) is 14.9 Å². The summed E-state index contributed by atoms with van der Waals surface area (Å²) in [6.07, 6.45) is 4.34. The maximum Gasteiger partial charge on any atom is 0.290 e. The van der Waals surface area contributed by atoms with E-state index in [0.717, 1.165) is 16.7 Å². The number of rotatable bonds is 6. The van der Waals surface area contributed by atoms with Gasteiger partial charge in [-0.2, -0.15) is 4.57 Å². The molecule has 1 heterocycles. The molecule has 0 saturated heterocycles. The molecule has 29 heavy (non-hydrogen) atoms. The topological polar surface area (TPSA) is 76.1 Å². The minimum absolute atomic E-state index is 0. The molecular weight excluding hydrogens is 413 g/mol. The predicted octanol–water partition coefficient (Wildman–Crippen LogP) is 1.08. The van der Waals surface area contributed by atoms with E-state index in [-0.39, 0.29) is 30.5 Å². The summed E-state index contributed by atoms with van der Waals surface area (Å²) in [5, 5.41) is 14.2. The summed E-state index contributed by atoms with van der Waals surface area (Å²) in [4.78, 5) is 22.6. The van der Waals surface area contributed by atoms with Gasteiger partial charge in [-0.25, -0.2) is 0 Å². The Morgan fingerprint density at radius 3 is 2.31 bits per heavy atom. The molecule has 1 amide bonds. The fraction of sp³-hybridized carbons (Fsp3) is 0.143. The lowest BCUT2D eigenvalue weighted by molar-refractivity contribution is -0.684. The number of hydrogen-bond donors (Lipinski definition) is 1. The number of aryl methyl sites for hydroxylation is 1. The molecule has 8 heteroatoms. The third kappa shape index (κ3) is 6.27. The molecule has 2 aromatic carbocycles. The van der Waals surface area contributed by atoms with E-state index in [2.05, 4.69) is 5.32 Å². The molecule has 0 saturated carbocycles. The van der Waals surface area contributed by atoms with E-state index < -0.39 is 4.92 Å². The molecule has 3 rings (SSSR count). The second-order valence-electron chi connectivity index (χ2n) is 6.49. The first-order valence-corrected chi connectivity index (χ1v) is 9.06. The first kappa shape index (κ1) is 22.3. The van der Waals surface area contributed by atoms with Crippen LogP contribution in [0.4, 0.5) is 11.4 Å². The standard InChI is InChI=1S/C21H18ClN3O3.ClH/c1-15-2-5-18(22)13-20(15)23-21(26)14-24-10-8-17(9-11-24)12-16-3-6-19(7-4-16)25(27)28;/h2-11,13H,12,14H2,1H3;1H. The van der Waals surface area contributed by atoms with Crippen LogP contribution >= 0.6 is 11.6 Å². The zero-order valence-corrected chi connectivity index (χ0v) is 17.2. The molecular formula is C21H19Cl2N3O3. The first-order chi connectivity index (χ1) is 13.4. The molecule has 3 aromatic rings. The maximum absolute atomic E-state index is 12.3. The summed E-state index contributed by atoms with van der Waals surface area (Å²) in [6.45, 7) is 2.09. The number of nitro groups is 1. The van der Waals surface area contributed by atoms with Crippen LogP contribution in [0.3, 0.4) is 0 Å². The van der Waals surface area contributed by atoms with Gasteiger partial charge in [-0.1, -0.05) is 29.8 Å². The number of anilines is 1. The van der Waals surface area contributed by atoms with Crippen molar-refractivity contribution in [1.82, 2.24) is 0 Å². The van der Waals surface area contributed by atoms with Gasteiger partial charge in [0.1, 0.15) is 0 Å². The van der Waals surface area contributed by atoms with Gasteiger partial charge < -0.3 is 17.7 Å². The smallest absolute Gasteiger partial charge is 0.290 e. The molecule has 0 radical (unpaired) electrons. The third-order valence-corrected chi connectivity index (χ3v) is 4.55.